The number of amides is 1. The average Bonchev–Trinajstić information content (AvgIpc) is 3.18. The molecular weight excluding hydrogens is 432 g/mol. The van der Waals surface area contributed by atoms with E-state index in [-0.39, 0.29) is 21.4 Å². The molecule has 0 saturated heterocycles. The molecule has 1 N–H and O–H groups in total. The van der Waals surface area contributed by atoms with Gasteiger partial charge in [-0.05, 0) is 42.3 Å². The van der Waals surface area contributed by atoms with Gasteiger partial charge in [-0.25, -0.2) is 8.42 Å². The Morgan fingerprint density at radius 1 is 0.935 bits per heavy atom. The van der Waals surface area contributed by atoms with E-state index in [1.165, 1.54) is 24.3 Å². The van der Waals surface area contributed by atoms with Crippen molar-refractivity contribution >= 4 is 38.2 Å². The lowest BCUT2D eigenvalue weighted by Gasteiger charge is -2.17. The summed E-state index contributed by atoms with van der Waals surface area (Å²) >= 11 is 5.93. The van der Waals surface area contributed by atoms with Gasteiger partial charge in [0.2, 0.25) is 9.84 Å². The molecular formula is C24H21ClN2O3S. The fraction of sp³-hybridized carbons (Fsp3) is 0.125. The van der Waals surface area contributed by atoms with Crippen LogP contribution in [0.2, 0.25) is 5.02 Å². The molecule has 0 bridgehead atoms. The average molecular weight is 453 g/mol. The van der Waals surface area contributed by atoms with Crippen molar-refractivity contribution in [3.63, 3.8) is 0 Å². The van der Waals surface area contributed by atoms with Crippen LogP contribution in [0.25, 0.3) is 10.9 Å². The molecule has 0 aliphatic rings. The normalized spacial score (nSPS) is 11.5. The van der Waals surface area contributed by atoms with Gasteiger partial charge in [-0.2, -0.15) is 0 Å². The summed E-state index contributed by atoms with van der Waals surface area (Å²) in [6.45, 7) is 0.457. The zero-order valence-electron chi connectivity index (χ0n) is 16.9. The van der Waals surface area contributed by atoms with E-state index in [9.17, 15) is 13.2 Å². The van der Waals surface area contributed by atoms with E-state index in [0.29, 0.717) is 28.9 Å². The molecule has 3 aromatic carbocycles. The van der Waals surface area contributed by atoms with Gasteiger partial charge in [0.05, 0.1) is 4.90 Å². The number of H-pyrrole nitrogens is 1. The number of hydrogen-bond acceptors (Lipinski definition) is 3. The van der Waals surface area contributed by atoms with Crippen molar-refractivity contribution in [2.75, 3.05) is 13.6 Å². The number of aromatic nitrogens is 1. The lowest BCUT2D eigenvalue weighted by Crippen LogP contribution is -2.30. The molecule has 0 aliphatic heterocycles. The number of carbonyl (C=O) groups is 1. The minimum atomic E-state index is -3.95. The summed E-state index contributed by atoms with van der Waals surface area (Å²) in [5.41, 5.74) is 1.76. The maximum Gasteiger partial charge on any atom is 0.271 e. The second-order valence-corrected chi connectivity index (χ2v) is 9.62. The van der Waals surface area contributed by atoms with E-state index in [1.807, 2.05) is 30.3 Å². The quantitative estimate of drug-likeness (QED) is 0.449. The summed E-state index contributed by atoms with van der Waals surface area (Å²) in [5.74, 6) is -0.375. The Balaban J connectivity index is 1.74. The van der Waals surface area contributed by atoms with E-state index >= 15 is 0 Å². The Bertz CT molecular complexity index is 1330. The lowest BCUT2D eigenvalue weighted by atomic mass is 10.1. The number of sulfone groups is 1. The number of fused-ring (bicyclic) bond motifs is 1. The molecule has 0 radical (unpaired) electrons. The smallest absolute Gasteiger partial charge is 0.271 e. The van der Waals surface area contributed by atoms with E-state index in [0.717, 1.165) is 5.56 Å². The van der Waals surface area contributed by atoms with Crippen LogP contribution >= 0.6 is 11.6 Å². The fourth-order valence-corrected chi connectivity index (χ4v) is 5.24. The van der Waals surface area contributed by atoms with Crippen LogP contribution in [0.15, 0.2) is 88.7 Å². The number of nitrogens with zero attached hydrogens (tertiary/aromatic N) is 1. The Morgan fingerprint density at radius 3 is 2.29 bits per heavy atom. The van der Waals surface area contributed by atoms with Crippen LogP contribution in [0, 0.1) is 0 Å². The first-order valence-corrected chi connectivity index (χ1v) is 11.6. The highest BCUT2D eigenvalue weighted by Gasteiger charge is 2.30. The molecule has 7 heteroatoms. The predicted octanol–water partition coefficient (Wildman–Crippen LogP) is 4.97. The summed E-state index contributed by atoms with van der Waals surface area (Å²) in [6, 6.07) is 22.8. The molecule has 0 atom stereocenters. The Kier molecular flexibility index (Phi) is 5.85. The minimum absolute atomic E-state index is 0.0121. The third-order valence-electron chi connectivity index (χ3n) is 5.19. The molecule has 0 unspecified atom stereocenters. The number of aromatic amines is 1. The van der Waals surface area contributed by atoms with Crippen molar-refractivity contribution < 1.29 is 13.2 Å². The van der Waals surface area contributed by atoms with Crippen LogP contribution in [0.5, 0.6) is 0 Å². The van der Waals surface area contributed by atoms with Gasteiger partial charge < -0.3 is 9.88 Å². The van der Waals surface area contributed by atoms with Crippen molar-refractivity contribution in [1.82, 2.24) is 9.88 Å². The summed E-state index contributed by atoms with van der Waals surface area (Å²) in [7, 11) is -2.28. The van der Waals surface area contributed by atoms with Crippen molar-refractivity contribution in [1.29, 1.82) is 0 Å². The molecule has 1 amide bonds. The molecule has 158 valence electrons. The van der Waals surface area contributed by atoms with Gasteiger partial charge in [-0.3, -0.25) is 4.79 Å². The van der Waals surface area contributed by atoms with Gasteiger partial charge >= 0.3 is 0 Å². The topological polar surface area (TPSA) is 70.2 Å². The first-order valence-electron chi connectivity index (χ1n) is 9.78. The molecule has 0 fully saturated rings. The second-order valence-electron chi connectivity index (χ2n) is 7.29. The Morgan fingerprint density at radius 2 is 1.58 bits per heavy atom. The number of carbonyl (C=O) groups excluding carboxylic acids is 1. The molecule has 1 aromatic heterocycles. The molecule has 0 saturated carbocycles. The standard InChI is InChI=1S/C24H21ClN2O3S/c1-27(16-15-17-7-3-2-4-8-17)24(28)22-23(20-9-5-6-10-21(20)26-22)31(29,30)19-13-11-18(25)12-14-19/h2-14,26H,15-16H2,1H3. The largest absolute Gasteiger partial charge is 0.349 e. The highest BCUT2D eigenvalue weighted by Crippen LogP contribution is 2.32. The van der Waals surface area contributed by atoms with Crippen molar-refractivity contribution in [2.24, 2.45) is 0 Å². The van der Waals surface area contributed by atoms with Gasteiger partial charge in [-0.15, -0.1) is 0 Å². The zero-order chi connectivity index (χ0) is 22.0. The van der Waals surface area contributed by atoms with Crippen LogP contribution in [0.4, 0.5) is 0 Å². The maximum atomic E-state index is 13.5. The van der Waals surface area contributed by atoms with Crippen LogP contribution in [-0.4, -0.2) is 37.8 Å². The van der Waals surface area contributed by atoms with Gasteiger partial charge in [0, 0.05) is 29.5 Å². The summed E-state index contributed by atoms with van der Waals surface area (Å²) in [5, 5.41) is 0.923. The van der Waals surface area contributed by atoms with Crippen molar-refractivity contribution in [3.05, 3.63) is 95.1 Å². The summed E-state index contributed by atoms with van der Waals surface area (Å²) in [4.78, 5) is 17.9. The van der Waals surface area contributed by atoms with Crippen molar-refractivity contribution in [2.45, 2.75) is 16.2 Å². The summed E-state index contributed by atoms with van der Waals surface area (Å²) < 4.78 is 27.0. The van der Waals surface area contributed by atoms with Crippen LogP contribution in [0.3, 0.4) is 0 Å². The third kappa shape index (κ3) is 4.22. The van der Waals surface area contributed by atoms with Gasteiger partial charge in [0.25, 0.3) is 5.91 Å². The SMILES string of the molecule is CN(CCc1ccccc1)C(=O)c1[nH]c2ccccc2c1S(=O)(=O)c1ccc(Cl)cc1. The predicted molar refractivity (Wildman–Crippen MR) is 122 cm³/mol. The third-order valence-corrected chi connectivity index (χ3v) is 7.30. The molecule has 4 aromatic rings. The highest BCUT2D eigenvalue weighted by atomic mass is 35.5. The molecule has 31 heavy (non-hydrogen) atoms. The maximum absolute atomic E-state index is 13.5. The number of hydrogen-bond donors (Lipinski definition) is 1. The van der Waals surface area contributed by atoms with Gasteiger partial charge in [0.1, 0.15) is 10.6 Å². The van der Waals surface area contributed by atoms with E-state index in [2.05, 4.69) is 4.98 Å². The number of benzene rings is 3. The monoisotopic (exact) mass is 452 g/mol. The van der Waals surface area contributed by atoms with Crippen LogP contribution < -0.4 is 0 Å². The van der Waals surface area contributed by atoms with Crippen molar-refractivity contribution in [3.8, 4) is 0 Å². The summed E-state index contributed by atoms with van der Waals surface area (Å²) in [6.07, 6.45) is 0.669. The fourth-order valence-electron chi connectivity index (χ4n) is 3.51. The van der Waals surface area contributed by atoms with E-state index in [1.54, 1.807) is 36.2 Å². The van der Waals surface area contributed by atoms with Crippen LogP contribution in [-0.2, 0) is 16.3 Å². The van der Waals surface area contributed by atoms with E-state index in [4.69, 9.17) is 11.6 Å². The number of nitrogens with one attached hydrogen (secondary N) is 1. The first-order chi connectivity index (χ1) is 14.9. The van der Waals surface area contributed by atoms with Gasteiger partial charge in [-0.1, -0.05) is 60.1 Å². The first kappa shape index (κ1) is 21.2. The van der Waals surface area contributed by atoms with E-state index < -0.39 is 9.84 Å². The Labute approximate surface area is 186 Å². The highest BCUT2D eigenvalue weighted by molar-refractivity contribution is 7.91. The molecule has 1 heterocycles. The molecule has 5 nitrogen and oxygen atoms in total. The number of rotatable bonds is 6. The Hall–Kier alpha value is -3.09. The zero-order valence-corrected chi connectivity index (χ0v) is 18.5. The molecule has 4 rings (SSSR count). The van der Waals surface area contributed by atoms with Gasteiger partial charge in [0.15, 0.2) is 0 Å². The molecule has 0 spiro atoms. The lowest BCUT2D eigenvalue weighted by molar-refractivity contribution is 0.0788. The van der Waals surface area contributed by atoms with Crippen LogP contribution in [0.1, 0.15) is 16.1 Å². The second kappa shape index (κ2) is 8.57. The minimum Gasteiger partial charge on any atom is -0.349 e. The number of para-hydroxylation sites is 1. The number of likely N-dealkylation sites (N-methyl/N-ethyl adjacent to an activating group) is 1. The number of halogens is 1. The molecule has 0 aliphatic carbocycles.